The molecule has 0 amide bonds. The summed E-state index contributed by atoms with van der Waals surface area (Å²) in [5.74, 6) is -0.833. The van der Waals surface area contributed by atoms with Crippen LogP contribution in [0.15, 0.2) is 23.6 Å². The van der Waals surface area contributed by atoms with Crippen molar-refractivity contribution in [2.24, 2.45) is 0 Å². The number of nitrogens with zero attached hydrogens (tertiary/aromatic N) is 2. The van der Waals surface area contributed by atoms with Crippen molar-refractivity contribution < 1.29 is 9.31 Å². The first kappa shape index (κ1) is 12.0. The SMILES string of the molecule is O=[N+]([O-])c1cc(-c2csc(NC3CC3)n2)ccc1F. The number of rotatable bonds is 4. The minimum atomic E-state index is -0.833. The van der Waals surface area contributed by atoms with Crippen LogP contribution in [0.2, 0.25) is 0 Å². The normalized spacial score (nSPS) is 14.4. The fraction of sp³-hybridized carbons (Fsp3) is 0.250. The molecular formula is C12H10FN3O2S. The molecule has 0 aliphatic heterocycles. The van der Waals surface area contributed by atoms with E-state index in [1.54, 1.807) is 0 Å². The number of anilines is 1. The molecule has 1 fully saturated rings. The van der Waals surface area contributed by atoms with Gasteiger partial charge in [-0.05, 0) is 25.0 Å². The van der Waals surface area contributed by atoms with Crippen LogP contribution in [0.4, 0.5) is 15.2 Å². The van der Waals surface area contributed by atoms with Crippen LogP contribution >= 0.6 is 11.3 Å². The van der Waals surface area contributed by atoms with Crippen molar-refractivity contribution in [3.05, 3.63) is 39.5 Å². The van der Waals surface area contributed by atoms with E-state index in [4.69, 9.17) is 0 Å². The highest BCUT2D eigenvalue weighted by Gasteiger charge is 2.22. The number of hydrogen-bond acceptors (Lipinski definition) is 5. The van der Waals surface area contributed by atoms with Crippen LogP contribution in [0.25, 0.3) is 11.3 Å². The Hall–Kier alpha value is -2.02. The zero-order valence-electron chi connectivity index (χ0n) is 9.80. The Morgan fingerprint density at radius 2 is 2.26 bits per heavy atom. The van der Waals surface area contributed by atoms with Gasteiger partial charge in [-0.1, -0.05) is 0 Å². The fourth-order valence-electron chi connectivity index (χ4n) is 1.69. The van der Waals surface area contributed by atoms with Crippen molar-refractivity contribution in [3.8, 4) is 11.3 Å². The van der Waals surface area contributed by atoms with E-state index in [-0.39, 0.29) is 0 Å². The van der Waals surface area contributed by atoms with Crippen molar-refractivity contribution >= 4 is 22.2 Å². The number of benzene rings is 1. The number of thiazole rings is 1. The van der Waals surface area contributed by atoms with Gasteiger partial charge in [0, 0.05) is 23.1 Å². The molecule has 0 saturated heterocycles. The number of nitro benzene ring substituents is 1. The predicted molar refractivity (Wildman–Crippen MR) is 70.8 cm³/mol. The molecule has 0 bridgehead atoms. The summed E-state index contributed by atoms with van der Waals surface area (Å²) in [5.41, 5.74) is 0.645. The molecule has 19 heavy (non-hydrogen) atoms. The molecule has 1 aromatic heterocycles. The maximum absolute atomic E-state index is 13.2. The molecular weight excluding hydrogens is 269 g/mol. The Morgan fingerprint density at radius 1 is 1.47 bits per heavy atom. The van der Waals surface area contributed by atoms with Crippen LogP contribution < -0.4 is 5.32 Å². The lowest BCUT2D eigenvalue weighted by atomic mass is 10.1. The van der Waals surface area contributed by atoms with Crippen molar-refractivity contribution in [1.29, 1.82) is 0 Å². The highest BCUT2D eigenvalue weighted by atomic mass is 32.1. The average Bonchev–Trinajstić information content (AvgIpc) is 3.06. The van der Waals surface area contributed by atoms with Gasteiger partial charge < -0.3 is 5.32 Å². The Labute approximate surface area is 112 Å². The minimum absolute atomic E-state index is 0.501. The van der Waals surface area contributed by atoms with Gasteiger partial charge in [0.15, 0.2) is 5.13 Å². The van der Waals surface area contributed by atoms with Gasteiger partial charge in [-0.15, -0.1) is 11.3 Å². The molecule has 2 aromatic rings. The van der Waals surface area contributed by atoms with Gasteiger partial charge in [0.05, 0.1) is 10.6 Å². The van der Waals surface area contributed by atoms with Gasteiger partial charge in [0.25, 0.3) is 0 Å². The summed E-state index contributed by atoms with van der Waals surface area (Å²) in [6, 6.07) is 4.31. The summed E-state index contributed by atoms with van der Waals surface area (Å²) in [5, 5.41) is 16.6. The van der Waals surface area contributed by atoms with Crippen molar-refractivity contribution in [1.82, 2.24) is 4.98 Å². The molecule has 1 saturated carbocycles. The Bertz CT molecular complexity index is 640. The molecule has 0 spiro atoms. The Kier molecular flexibility index (Phi) is 2.90. The van der Waals surface area contributed by atoms with Gasteiger partial charge in [-0.3, -0.25) is 10.1 Å². The van der Waals surface area contributed by atoms with Gasteiger partial charge in [-0.2, -0.15) is 4.39 Å². The molecule has 1 heterocycles. The molecule has 3 rings (SSSR count). The van der Waals surface area contributed by atoms with Crippen LogP contribution in [0.1, 0.15) is 12.8 Å². The van der Waals surface area contributed by atoms with Crippen LogP contribution in [0, 0.1) is 15.9 Å². The van der Waals surface area contributed by atoms with Crippen molar-refractivity contribution in [2.75, 3.05) is 5.32 Å². The van der Waals surface area contributed by atoms with Gasteiger partial charge in [-0.25, -0.2) is 4.98 Å². The highest BCUT2D eigenvalue weighted by Crippen LogP contribution is 2.31. The first-order valence-corrected chi connectivity index (χ1v) is 6.68. The number of aromatic nitrogens is 1. The van der Waals surface area contributed by atoms with E-state index >= 15 is 0 Å². The topological polar surface area (TPSA) is 68.1 Å². The maximum atomic E-state index is 13.2. The van der Waals surface area contributed by atoms with E-state index in [2.05, 4.69) is 10.3 Å². The number of nitro groups is 1. The van der Waals surface area contributed by atoms with Crippen LogP contribution in [-0.2, 0) is 0 Å². The zero-order chi connectivity index (χ0) is 13.4. The molecule has 0 radical (unpaired) electrons. The number of nitrogens with one attached hydrogen (secondary N) is 1. The van der Waals surface area contributed by atoms with E-state index < -0.39 is 16.4 Å². The molecule has 1 aromatic carbocycles. The Balaban J connectivity index is 1.90. The van der Waals surface area contributed by atoms with Crippen LogP contribution in [0.5, 0.6) is 0 Å². The fourth-order valence-corrected chi connectivity index (χ4v) is 2.48. The van der Waals surface area contributed by atoms with Crippen LogP contribution in [0.3, 0.4) is 0 Å². The lowest BCUT2D eigenvalue weighted by molar-refractivity contribution is -0.387. The standard InChI is InChI=1S/C12H10FN3O2S/c13-9-4-1-7(5-11(9)16(17)18)10-6-19-12(15-10)14-8-2-3-8/h1,4-6,8H,2-3H2,(H,14,15). The molecule has 5 nitrogen and oxygen atoms in total. The second-order valence-electron chi connectivity index (χ2n) is 4.38. The monoisotopic (exact) mass is 279 g/mol. The lowest BCUT2D eigenvalue weighted by Gasteiger charge is -1.99. The number of halogens is 1. The van der Waals surface area contributed by atoms with E-state index in [1.165, 1.54) is 23.5 Å². The lowest BCUT2D eigenvalue weighted by Crippen LogP contribution is -1.99. The summed E-state index contributed by atoms with van der Waals surface area (Å²) < 4.78 is 13.2. The summed E-state index contributed by atoms with van der Waals surface area (Å²) in [4.78, 5) is 14.3. The van der Waals surface area contributed by atoms with E-state index in [0.717, 1.165) is 24.0 Å². The predicted octanol–water partition coefficient (Wildman–Crippen LogP) is 3.43. The average molecular weight is 279 g/mol. The van der Waals surface area contributed by atoms with E-state index in [9.17, 15) is 14.5 Å². The third kappa shape index (κ3) is 2.55. The molecule has 1 aliphatic carbocycles. The van der Waals surface area contributed by atoms with Gasteiger partial charge >= 0.3 is 5.69 Å². The van der Waals surface area contributed by atoms with Crippen molar-refractivity contribution in [3.63, 3.8) is 0 Å². The minimum Gasteiger partial charge on any atom is -0.359 e. The van der Waals surface area contributed by atoms with E-state index in [1.807, 2.05) is 5.38 Å². The maximum Gasteiger partial charge on any atom is 0.305 e. The third-order valence-electron chi connectivity index (χ3n) is 2.85. The number of hydrogen-bond donors (Lipinski definition) is 1. The molecule has 1 aliphatic rings. The quantitative estimate of drug-likeness (QED) is 0.687. The zero-order valence-corrected chi connectivity index (χ0v) is 10.6. The second-order valence-corrected chi connectivity index (χ2v) is 5.24. The molecule has 0 atom stereocenters. The summed E-state index contributed by atoms with van der Waals surface area (Å²) in [6.45, 7) is 0. The third-order valence-corrected chi connectivity index (χ3v) is 3.62. The van der Waals surface area contributed by atoms with Gasteiger partial charge in [0.1, 0.15) is 0 Å². The molecule has 7 heteroatoms. The summed E-state index contributed by atoms with van der Waals surface area (Å²) in [6.07, 6.45) is 2.30. The smallest absolute Gasteiger partial charge is 0.305 e. The second kappa shape index (κ2) is 4.58. The molecule has 1 N–H and O–H groups in total. The van der Waals surface area contributed by atoms with Gasteiger partial charge in [0.2, 0.25) is 5.82 Å². The summed E-state index contributed by atoms with van der Waals surface area (Å²) in [7, 11) is 0. The van der Waals surface area contributed by atoms with Crippen LogP contribution in [-0.4, -0.2) is 15.9 Å². The largest absolute Gasteiger partial charge is 0.359 e. The summed E-state index contributed by atoms with van der Waals surface area (Å²) >= 11 is 1.45. The first-order valence-electron chi connectivity index (χ1n) is 5.80. The molecule has 0 unspecified atom stereocenters. The Morgan fingerprint density at radius 3 is 2.95 bits per heavy atom. The van der Waals surface area contributed by atoms with Crippen molar-refractivity contribution in [2.45, 2.75) is 18.9 Å². The highest BCUT2D eigenvalue weighted by molar-refractivity contribution is 7.14. The first-order chi connectivity index (χ1) is 9.13. The molecule has 98 valence electrons. The van der Waals surface area contributed by atoms with E-state index in [0.29, 0.717) is 17.3 Å².